The van der Waals surface area contributed by atoms with Gasteiger partial charge in [-0.3, -0.25) is 4.79 Å². The molecule has 0 atom stereocenters. The summed E-state index contributed by atoms with van der Waals surface area (Å²) in [6, 6.07) is 0. The molecule has 6 heteroatoms. The number of carbonyl (C=O) groups is 1. The monoisotopic (exact) mass is 272 g/mol. The highest BCUT2D eigenvalue weighted by Crippen LogP contribution is 2.47. The van der Waals surface area contributed by atoms with Crippen molar-refractivity contribution < 1.29 is 9.90 Å². The summed E-state index contributed by atoms with van der Waals surface area (Å²) in [6.07, 6.45) is 5.37. The van der Waals surface area contributed by atoms with Gasteiger partial charge < -0.3 is 10.4 Å². The molecule has 1 aromatic rings. The molecule has 1 aliphatic carbocycles. The van der Waals surface area contributed by atoms with E-state index in [9.17, 15) is 4.79 Å². The van der Waals surface area contributed by atoms with E-state index in [1.54, 1.807) is 11.3 Å². The molecule has 17 heavy (non-hydrogen) atoms. The van der Waals surface area contributed by atoms with Gasteiger partial charge in [-0.05, 0) is 19.1 Å². The fraction of sp³-hybridized carbons (Fsp3) is 0.636. The Kier molecular flexibility index (Phi) is 3.93. The second-order valence-electron chi connectivity index (χ2n) is 4.28. The van der Waals surface area contributed by atoms with E-state index in [0.717, 1.165) is 17.4 Å². The summed E-state index contributed by atoms with van der Waals surface area (Å²) in [5.41, 5.74) is 0.869. The lowest BCUT2D eigenvalue weighted by Gasteiger charge is -2.11. The second kappa shape index (κ2) is 5.27. The molecular weight excluding hydrogens is 256 g/mol. The van der Waals surface area contributed by atoms with Crippen molar-refractivity contribution in [3.8, 4) is 0 Å². The first-order valence-corrected chi connectivity index (χ1v) is 7.69. The summed E-state index contributed by atoms with van der Waals surface area (Å²) in [4.78, 5) is 14.8. The summed E-state index contributed by atoms with van der Waals surface area (Å²) in [7, 11) is 0. The molecule has 2 N–H and O–H groups in total. The van der Waals surface area contributed by atoms with Crippen LogP contribution in [0.15, 0.2) is 5.38 Å². The van der Waals surface area contributed by atoms with Crippen LogP contribution in [0.3, 0.4) is 0 Å². The van der Waals surface area contributed by atoms with Gasteiger partial charge in [-0.25, -0.2) is 4.98 Å². The van der Waals surface area contributed by atoms with Gasteiger partial charge in [0.2, 0.25) is 0 Å². The van der Waals surface area contributed by atoms with Crippen LogP contribution in [0.1, 0.15) is 25.0 Å². The minimum Gasteiger partial charge on any atom is -0.481 e. The molecule has 94 valence electrons. The van der Waals surface area contributed by atoms with Gasteiger partial charge in [-0.15, -0.1) is 11.3 Å². The molecule has 0 unspecified atom stereocenters. The van der Waals surface area contributed by atoms with Crippen LogP contribution >= 0.6 is 23.1 Å². The lowest BCUT2D eigenvalue weighted by atomic mass is 10.2. The van der Waals surface area contributed by atoms with Gasteiger partial charge in [-0.2, -0.15) is 11.8 Å². The van der Waals surface area contributed by atoms with Crippen LogP contribution in [0, 0.1) is 0 Å². The molecular formula is C11H16N2O2S2. The Morgan fingerprint density at radius 1 is 1.71 bits per heavy atom. The average molecular weight is 272 g/mol. The van der Waals surface area contributed by atoms with Gasteiger partial charge in [0.05, 0.1) is 12.1 Å². The SMILES string of the molecule is CSC1(CNc2nc(CCC(=O)O)cs2)CC1. The summed E-state index contributed by atoms with van der Waals surface area (Å²) < 4.78 is 0.424. The highest BCUT2D eigenvalue weighted by Gasteiger charge is 2.41. The van der Waals surface area contributed by atoms with Crippen LogP contribution in [0.5, 0.6) is 0 Å². The fourth-order valence-electron chi connectivity index (χ4n) is 1.57. The molecule has 0 aromatic carbocycles. The van der Waals surface area contributed by atoms with Crippen LogP contribution in [-0.2, 0) is 11.2 Å². The van der Waals surface area contributed by atoms with E-state index >= 15 is 0 Å². The van der Waals surface area contributed by atoms with Crippen LogP contribution in [0.2, 0.25) is 0 Å². The first-order chi connectivity index (χ1) is 8.13. The number of anilines is 1. The normalized spacial score (nSPS) is 16.8. The molecule has 0 amide bonds. The lowest BCUT2D eigenvalue weighted by Crippen LogP contribution is -2.17. The Morgan fingerprint density at radius 2 is 2.47 bits per heavy atom. The van der Waals surface area contributed by atoms with Gasteiger partial charge >= 0.3 is 5.97 Å². The third-order valence-electron chi connectivity index (χ3n) is 2.95. The summed E-state index contributed by atoms with van der Waals surface area (Å²) in [5, 5.41) is 14.8. The van der Waals surface area contributed by atoms with Crippen molar-refractivity contribution in [2.24, 2.45) is 0 Å². The fourth-order valence-corrected chi connectivity index (χ4v) is 3.04. The molecule has 1 saturated carbocycles. The molecule has 0 saturated heterocycles. The topological polar surface area (TPSA) is 62.2 Å². The molecule has 1 fully saturated rings. The summed E-state index contributed by atoms with van der Waals surface area (Å²) in [6.45, 7) is 0.958. The van der Waals surface area contributed by atoms with E-state index in [1.165, 1.54) is 12.8 Å². The number of carboxylic acid groups (broad SMARTS) is 1. The number of carboxylic acids is 1. The molecule has 1 aromatic heterocycles. The van der Waals surface area contributed by atoms with Crippen LogP contribution in [-0.4, -0.2) is 33.6 Å². The van der Waals surface area contributed by atoms with E-state index in [2.05, 4.69) is 16.6 Å². The minimum atomic E-state index is -0.771. The van der Waals surface area contributed by atoms with Crippen molar-refractivity contribution in [2.75, 3.05) is 18.1 Å². The first-order valence-electron chi connectivity index (χ1n) is 5.59. The van der Waals surface area contributed by atoms with Gasteiger partial charge in [0.1, 0.15) is 0 Å². The molecule has 0 bridgehead atoms. The van der Waals surface area contributed by atoms with E-state index in [4.69, 9.17) is 5.11 Å². The molecule has 1 aliphatic rings. The molecule has 0 radical (unpaired) electrons. The zero-order valence-electron chi connectivity index (χ0n) is 9.73. The van der Waals surface area contributed by atoms with Crippen molar-refractivity contribution in [2.45, 2.75) is 30.4 Å². The number of aryl methyl sites for hydroxylation is 1. The van der Waals surface area contributed by atoms with Crippen LogP contribution in [0.25, 0.3) is 0 Å². The van der Waals surface area contributed by atoms with E-state index in [1.807, 2.05) is 17.1 Å². The number of aromatic nitrogens is 1. The van der Waals surface area contributed by atoms with Gasteiger partial charge in [0.15, 0.2) is 5.13 Å². The molecule has 1 heterocycles. The van der Waals surface area contributed by atoms with Crippen LogP contribution in [0.4, 0.5) is 5.13 Å². The predicted octanol–water partition coefficient (Wildman–Crippen LogP) is 2.47. The Bertz CT molecular complexity index is 402. The molecule has 0 aliphatic heterocycles. The van der Waals surface area contributed by atoms with Crippen molar-refractivity contribution in [3.63, 3.8) is 0 Å². The van der Waals surface area contributed by atoms with Gasteiger partial charge in [0, 0.05) is 23.1 Å². The quantitative estimate of drug-likeness (QED) is 0.798. The van der Waals surface area contributed by atoms with E-state index in [0.29, 0.717) is 11.2 Å². The maximum absolute atomic E-state index is 10.4. The summed E-state index contributed by atoms with van der Waals surface area (Å²) >= 11 is 3.47. The predicted molar refractivity (Wildman–Crippen MR) is 72.0 cm³/mol. The number of thiazole rings is 1. The summed E-state index contributed by atoms with van der Waals surface area (Å²) in [5.74, 6) is -0.771. The number of hydrogen-bond acceptors (Lipinski definition) is 5. The van der Waals surface area contributed by atoms with Gasteiger partial charge in [-0.1, -0.05) is 0 Å². The highest BCUT2D eigenvalue weighted by atomic mass is 32.2. The van der Waals surface area contributed by atoms with E-state index in [-0.39, 0.29) is 6.42 Å². The second-order valence-corrected chi connectivity index (χ2v) is 6.41. The first kappa shape index (κ1) is 12.7. The van der Waals surface area contributed by atoms with Crippen molar-refractivity contribution >= 4 is 34.2 Å². The Morgan fingerprint density at radius 3 is 3.06 bits per heavy atom. The zero-order chi connectivity index (χ0) is 12.3. The Hall–Kier alpha value is -0.750. The highest BCUT2D eigenvalue weighted by molar-refractivity contribution is 8.00. The largest absolute Gasteiger partial charge is 0.481 e. The lowest BCUT2D eigenvalue weighted by molar-refractivity contribution is -0.136. The van der Waals surface area contributed by atoms with Crippen molar-refractivity contribution in [1.82, 2.24) is 4.98 Å². The molecule has 2 rings (SSSR count). The maximum atomic E-state index is 10.4. The number of nitrogens with zero attached hydrogens (tertiary/aromatic N) is 1. The Labute approximate surface area is 109 Å². The number of aliphatic carboxylic acids is 1. The maximum Gasteiger partial charge on any atom is 0.303 e. The number of thioether (sulfide) groups is 1. The van der Waals surface area contributed by atoms with Crippen LogP contribution < -0.4 is 5.32 Å². The molecule has 0 spiro atoms. The average Bonchev–Trinajstić information content (AvgIpc) is 2.96. The van der Waals surface area contributed by atoms with Gasteiger partial charge in [0.25, 0.3) is 0 Å². The minimum absolute atomic E-state index is 0.151. The third-order valence-corrected chi connectivity index (χ3v) is 5.22. The van der Waals surface area contributed by atoms with E-state index < -0.39 is 5.97 Å². The van der Waals surface area contributed by atoms with Crippen molar-refractivity contribution in [1.29, 1.82) is 0 Å². The third kappa shape index (κ3) is 3.61. The zero-order valence-corrected chi connectivity index (χ0v) is 11.4. The smallest absolute Gasteiger partial charge is 0.303 e. The standard InChI is InChI=1S/C11H16N2O2S2/c1-16-11(4-5-11)7-12-10-13-8(6-17-10)2-3-9(14)15/h6H,2-5,7H2,1H3,(H,12,13)(H,14,15). The Balaban J connectivity index is 1.79. The van der Waals surface area contributed by atoms with Crippen molar-refractivity contribution in [3.05, 3.63) is 11.1 Å². The number of hydrogen-bond donors (Lipinski definition) is 2. The number of nitrogens with one attached hydrogen (secondary N) is 1. The molecule has 4 nitrogen and oxygen atoms in total. The number of rotatable bonds is 7.